The summed E-state index contributed by atoms with van der Waals surface area (Å²) in [5.74, 6) is 0. The Labute approximate surface area is 68.4 Å². The van der Waals surface area contributed by atoms with Crippen molar-refractivity contribution in [2.75, 3.05) is 7.05 Å². The van der Waals surface area contributed by atoms with Crippen molar-refractivity contribution in [3.8, 4) is 0 Å². The Morgan fingerprint density at radius 3 is 2.55 bits per heavy atom. The van der Waals surface area contributed by atoms with Gasteiger partial charge in [-0.1, -0.05) is 13.8 Å². The van der Waals surface area contributed by atoms with Crippen LogP contribution in [0.1, 0.15) is 19.5 Å². The molecular weight excluding hydrogens is 138 g/mol. The van der Waals surface area contributed by atoms with Gasteiger partial charge in [0.05, 0.1) is 5.69 Å². The van der Waals surface area contributed by atoms with E-state index in [2.05, 4.69) is 10.4 Å². The van der Waals surface area contributed by atoms with Crippen molar-refractivity contribution in [2.45, 2.75) is 20.4 Å². The smallest absolute Gasteiger partial charge is 0.0518 e. The maximum Gasteiger partial charge on any atom is 0.0518 e. The third kappa shape index (κ3) is 3.18. The molecule has 1 heterocycles. The van der Waals surface area contributed by atoms with Crippen LogP contribution in [0.3, 0.4) is 0 Å². The molecule has 0 amide bonds. The maximum absolute atomic E-state index is 4.01. The topological polar surface area (TPSA) is 29.9 Å². The zero-order valence-corrected chi connectivity index (χ0v) is 7.76. The molecule has 0 saturated heterocycles. The van der Waals surface area contributed by atoms with Gasteiger partial charge in [-0.15, -0.1) is 0 Å². The molecule has 0 radical (unpaired) electrons. The summed E-state index contributed by atoms with van der Waals surface area (Å²) in [5.41, 5.74) is 1.21. The minimum absolute atomic E-state index is 0.885. The molecule has 1 aromatic rings. The van der Waals surface area contributed by atoms with E-state index in [-0.39, 0.29) is 0 Å². The molecule has 1 rings (SSSR count). The van der Waals surface area contributed by atoms with Gasteiger partial charge in [0.15, 0.2) is 0 Å². The minimum atomic E-state index is 0.885. The highest BCUT2D eigenvalue weighted by Gasteiger charge is 1.92. The van der Waals surface area contributed by atoms with Gasteiger partial charge in [0.25, 0.3) is 0 Å². The van der Waals surface area contributed by atoms with Crippen LogP contribution in [0.5, 0.6) is 0 Å². The first kappa shape index (κ1) is 10.2. The van der Waals surface area contributed by atoms with E-state index < -0.39 is 0 Å². The molecule has 0 saturated carbocycles. The van der Waals surface area contributed by atoms with Crippen molar-refractivity contribution < 1.29 is 0 Å². The van der Waals surface area contributed by atoms with Crippen LogP contribution in [-0.4, -0.2) is 16.8 Å². The predicted molar refractivity (Wildman–Crippen MR) is 47.3 cm³/mol. The van der Waals surface area contributed by atoms with Crippen molar-refractivity contribution >= 4 is 0 Å². The van der Waals surface area contributed by atoms with Gasteiger partial charge < -0.3 is 5.32 Å². The molecule has 1 N–H and O–H groups in total. The standard InChI is InChI=1S/C6H11N3.C2H6/c1-7-5-6-3-4-8-9(6)2;1-2/h3-4,7H,5H2,1-2H3;1-2H3. The van der Waals surface area contributed by atoms with Crippen LogP contribution in [0.2, 0.25) is 0 Å². The van der Waals surface area contributed by atoms with Crippen LogP contribution in [0, 0.1) is 0 Å². The fraction of sp³-hybridized carbons (Fsp3) is 0.625. The Balaban J connectivity index is 0.000000461. The molecule has 0 aliphatic carbocycles. The largest absolute Gasteiger partial charge is 0.314 e. The van der Waals surface area contributed by atoms with E-state index in [1.165, 1.54) is 5.69 Å². The fourth-order valence-electron chi connectivity index (χ4n) is 0.756. The van der Waals surface area contributed by atoms with Crippen LogP contribution in [-0.2, 0) is 13.6 Å². The summed E-state index contributed by atoms with van der Waals surface area (Å²) in [6.45, 7) is 4.89. The number of hydrogen-bond donors (Lipinski definition) is 1. The Bertz CT molecular complexity index is 181. The summed E-state index contributed by atoms with van der Waals surface area (Å²) >= 11 is 0. The van der Waals surface area contributed by atoms with E-state index >= 15 is 0 Å². The molecule has 1 aromatic heterocycles. The third-order valence-corrected chi connectivity index (χ3v) is 1.28. The van der Waals surface area contributed by atoms with E-state index in [0.29, 0.717) is 0 Å². The van der Waals surface area contributed by atoms with Crippen molar-refractivity contribution in [1.82, 2.24) is 15.1 Å². The number of nitrogens with zero attached hydrogens (tertiary/aromatic N) is 2. The molecule has 0 aliphatic rings. The molecular formula is C8H17N3. The van der Waals surface area contributed by atoms with Gasteiger partial charge in [0, 0.05) is 19.8 Å². The van der Waals surface area contributed by atoms with Crippen LogP contribution in [0.15, 0.2) is 12.3 Å². The first-order valence-electron chi connectivity index (χ1n) is 3.96. The lowest BCUT2D eigenvalue weighted by atomic mass is 10.4. The van der Waals surface area contributed by atoms with E-state index in [1.54, 1.807) is 6.20 Å². The highest BCUT2D eigenvalue weighted by atomic mass is 15.3. The van der Waals surface area contributed by atoms with Gasteiger partial charge in [0.2, 0.25) is 0 Å². The molecule has 0 fully saturated rings. The van der Waals surface area contributed by atoms with E-state index in [1.807, 2.05) is 38.7 Å². The molecule has 0 spiro atoms. The van der Waals surface area contributed by atoms with Gasteiger partial charge in [-0.25, -0.2) is 0 Å². The number of nitrogens with one attached hydrogen (secondary N) is 1. The lowest BCUT2D eigenvalue weighted by Gasteiger charge is -1.97. The first-order chi connectivity index (χ1) is 5.34. The van der Waals surface area contributed by atoms with Gasteiger partial charge in [0.1, 0.15) is 0 Å². The maximum atomic E-state index is 4.01. The predicted octanol–water partition coefficient (Wildman–Crippen LogP) is 1.17. The van der Waals surface area contributed by atoms with Gasteiger partial charge in [-0.05, 0) is 13.1 Å². The number of aryl methyl sites for hydroxylation is 1. The van der Waals surface area contributed by atoms with Gasteiger partial charge in [-0.3, -0.25) is 4.68 Å². The van der Waals surface area contributed by atoms with E-state index in [9.17, 15) is 0 Å². The van der Waals surface area contributed by atoms with Crippen molar-refractivity contribution in [1.29, 1.82) is 0 Å². The SMILES string of the molecule is CC.CNCc1ccnn1C. The summed E-state index contributed by atoms with van der Waals surface area (Å²) in [6, 6.07) is 2.00. The van der Waals surface area contributed by atoms with Crippen molar-refractivity contribution in [2.24, 2.45) is 7.05 Å². The summed E-state index contributed by atoms with van der Waals surface area (Å²) in [4.78, 5) is 0. The second kappa shape index (κ2) is 5.92. The van der Waals surface area contributed by atoms with Crippen LogP contribution in [0.4, 0.5) is 0 Å². The third-order valence-electron chi connectivity index (χ3n) is 1.28. The van der Waals surface area contributed by atoms with Gasteiger partial charge in [-0.2, -0.15) is 5.10 Å². The monoisotopic (exact) mass is 155 g/mol. The lowest BCUT2D eigenvalue weighted by molar-refractivity contribution is 0.672. The fourth-order valence-corrected chi connectivity index (χ4v) is 0.756. The summed E-state index contributed by atoms with van der Waals surface area (Å²) < 4.78 is 1.86. The molecule has 64 valence electrons. The molecule has 0 aliphatic heterocycles. The Hall–Kier alpha value is -0.830. The summed E-state index contributed by atoms with van der Waals surface area (Å²) in [5, 5.41) is 7.06. The Morgan fingerprint density at radius 1 is 1.55 bits per heavy atom. The Kier molecular flexibility index (Phi) is 5.47. The highest BCUT2D eigenvalue weighted by Crippen LogP contribution is 1.92. The van der Waals surface area contributed by atoms with Crippen LogP contribution < -0.4 is 5.32 Å². The first-order valence-corrected chi connectivity index (χ1v) is 3.96. The second-order valence-corrected chi connectivity index (χ2v) is 1.98. The molecule has 11 heavy (non-hydrogen) atoms. The van der Waals surface area contributed by atoms with Crippen LogP contribution in [0.25, 0.3) is 0 Å². The number of hydrogen-bond acceptors (Lipinski definition) is 2. The molecule has 0 atom stereocenters. The highest BCUT2D eigenvalue weighted by molar-refractivity contribution is 4.98. The minimum Gasteiger partial charge on any atom is -0.314 e. The van der Waals surface area contributed by atoms with Gasteiger partial charge >= 0.3 is 0 Å². The van der Waals surface area contributed by atoms with E-state index in [0.717, 1.165) is 6.54 Å². The second-order valence-electron chi connectivity index (χ2n) is 1.98. The molecule has 0 aromatic carbocycles. The molecule has 0 unspecified atom stereocenters. The number of aromatic nitrogens is 2. The molecule has 0 bridgehead atoms. The average Bonchev–Trinajstić information content (AvgIpc) is 2.42. The molecule has 3 heteroatoms. The zero-order valence-electron chi connectivity index (χ0n) is 7.76. The van der Waals surface area contributed by atoms with E-state index in [4.69, 9.17) is 0 Å². The Morgan fingerprint density at radius 2 is 2.18 bits per heavy atom. The number of rotatable bonds is 2. The average molecular weight is 155 g/mol. The van der Waals surface area contributed by atoms with Crippen LogP contribution >= 0.6 is 0 Å². The quantitative estimate of drug-likeness (QED) is 0.694. The normalized spacial score (nSPS) is 8.73. The summed E-state index contributed by atoms with van der Waals surface area (Å²) in [6.07, 6.45) is 1.80. The zero-order chi connectivity index (χ0) is 8.69. The van der Waals surface area contributed by atoms with Crippen molar-refractivity contribution in [3.63, 3.8) is 0 Å². The van der Waals surface area contributed by atoms with Crippen molar-refractivity contribution in [3.05, 3.63) is 18.0 Å². The summed E-state index contributed by atoms with van der Waals surface area (Å²) in [7, 11) is 3.86. The lowest BCUT2D eigenvalue weighted by Crippen LogP contribution is -2.09. The molecule has 3 nitrogen and oxygen atoms in total.